The number of aromatic nitrogens is 2. The third kappa shape index (κ3) is 5.46. The van der Waals surface area contributed by atoms with E-state index in [1.165, 1.54) is 24.1 Å². The van der Waals surface area contributed by atoms with Crippen LogP contribution in [-0.4, -0.2) is 59.9 Å². The smallest absolute Gasteiger partial charge is 0.191 e. The molecule has 0 saturated heterocycles. The van der Waals surface area contributed by atoms with Crippen LogP contribution in [0.2, 0.25) is 0 Å². The fraction of sp³-hybridized carbons (Fsp3) is 0.789. The summed E-state index contributed by atoms with van der Waals surface area (Å²) < 4.78 is 1.97. The van der Waals surface area contributed by atoms with Crippen LogP contribution in [0.15, 0.2) is 4.99 Å². The zero-order chi connectivity index (χ0) is 18.6. The van der Waals surface area contributed by atoms with Gasteiger partial charge in [0.2, 0.25) is 0 Å². The third-order valence-corrected chi connectivity index (χ3v) is 5.16. The minimum atomic E-state index is 0.304. The van der Waals surface area contributed by atoms with Crippen molar-refractivity contribution in [3.63, 3.8) is 0 Å². The van der Waals surface area contributed by atoms with Gasteiger partial charge in [-0.25, -0.2) is 0 Å². The first-order chi connectivity index (χ1) is 11.8. The zero-order valence-electron chi connectivity index (χ0n) is 17.1. The molecule has 2 atom stereocenters. The highest BCUT2D eigenvalue weighted by atomic mass is 15.3. The highest BCUT2D eigenvalue weighted by Crippen LogP contribution is 2.34. The number of hydrogen-bond donors (Lipinski definition) is 2. The SMILES string of the molecule is CCNC(=NCC(C1CC1)N(C)C)NC(C)Cc1c(C)nn(C)c1C. The topological polar surface area (TPSA) is 57.5 Å². The molecule has 0 aliphatic heterocycles. The number of hydrogen-bond acceptors (Lipinski definition) is 3. The summed E-state index contributed by atoms with van der Waals surface area (Å²) in [6.45, 7) is 10.3. The van der Waals surface area contributed by atoms with Crippen LogP contribution < -0.4 is 10.6 Å². The van der Waals surface area contributed by atoms with E-state index in [-0.39, 0.29) is 0 Å². The Kier molecular flexibility index (Phi) is 6.87. The van der Waals surface area contributed by atoms with Crippen molar-refractivity contribution in [3.8, 4) is 0 Å². The summed E-state index contributed by atoms with van der Waals surface area (Å²) in [5.74, 6) is 1.74. The van der Waals surface area contributed by atoms with Crippen LogP contribution in [0.25, 0.3) is 0 Å². The Balaban J connectivity index is 1.98. The summed E-state index contributed by atoms with van der Waals surface area (Å²) in [7, 11) is 6.33. The van der Waals surface area contributed by atoms with Crippen molar-refractivity contribution in [3.05, 3.63) is 17.0 Å². The van der Waals surface area contributed by atoms with E-state index in [4.69, 9.17) is 4.99 Å². The van der Waals surface area contributed by atoms with Crippen molar-refractivity contribution in [1.82, 2.24) is 25.3 Å². The minimum Gasteiger partial charge on any atom is -0.357 e. The van der Waals surface area contributed by atoms with Gasteiger partial charge in [-0.3, -0.25) is 9.67 Å². The van der Waals surface area contributed by atoms with Crippen LogP contribution >= 0.6 is 0 Å². The van der Waals surface area contributed by atoms with E-state index in [1.807, 2.05) is 11.7 Å². The maximum Gasteiger partial charge on any atom is 0.191 e. The molecule has 1 aliphatic carbocycles. The van der Waals surface area contributed by atoms with Gasteiger partial charge in [-0.2, -0.15) is 5.10 Å². The fourth-order valence-electron chi connectivity index (χ4n) is 3.42. The van der Waals surface area contributed by atoms with Gasteiger partial charge in [-0.05, 0) is 72.5 Å². The van der Waals surface area contributed by atoms with E-state index in [9.17, 15) is 0 Å². The molecule has 6 heteroatoms. The average molecular weight is 349 g/mol. The van der Waals surface area contributed by atoms with Gasteiger partial charge >= 0.3 is 0 Å². The molecule has 1 heterocycles. The van der Waals surface area contributed by atoms with E-state index in [0.717, 1.165) is 37.1 Å². The molecule has 1 saturated carbocycles. The predicted octanol–water partition coefficient (Wildman–Crippen LogP) is 1.86. The molecule has 1 aromatic heterocycles. The highest BCUT2D eigenvalue weighted by Gasteiger charge is 2.32. The minimum absolute atomic E-state index is 0.304. The van der Waals surface area contributed by atoms with Crippen molar-refractivity contribution < 1.29 is 0 Å². The van der Waals surface area contributed by atoms with Crippen molar-refractivity contribution in [2.75, 3.05) is 27.2 Å². The lowest BCUT2D eigenvalue weighted by atomic mass is 10.1. The quantitative estimate of drug-likeness (QED) is 0.556. The second-order valence-electron chi connectivity index (χ2n) is 7.61. The third-order valence-electron chi connectivity index (χ3n) is 5.16. The molecular weight excluding hydrogens is 312 g/mol. The summed E-state index contributed by atoms with van der Waals surface area (Å²) >= 11 is 0. The Morgan fingerprint density at radius 1 is 1.36 bits per heavy atom. The Labute approximate surface area is 153 Å². The van der Waals surface area contributed by atoms with Gasteiger partial charge in [0.25, 0.3) is 0 Å². The lowest BCUT2D eigenvalue weighted by Gasteiger charge is -2.24. The number of aliphatic imine (C=N–C) groups is 1. The first kappa shape index (κ1) is 19.8. The molecule has 0 radical (unpaired) electrons. The molecule has 6 nitrogen and oxygen atoms in total. The molecule has 0 bridgehead atoms. The fourth-order valence-corrected chi connectivity index (χ4v) is 3.42. The predicted molar refractivity (Wildman–Crippen MR) is 105 cm³/mol. The molecule has 0 amide bonds. The lowest BCUT2D eigenvalue weighted by molar-refractivity contribution is 0.271. The Hall–Kier alpha value is -1.56. The van der Waals surface area contributed by atoms with Crippen molar-refractivity contribution in [2.24, 2.45) is 18.0 Å². The first-order valence-corrected chi connectivity index (χ1v) is 9.53. The van der Waals surface area contributed by atoms with Gasteiger partial charge in [0.05, 0.1) is 12.2 Å². The number of aryl methyl sites for hydroxylation is 2. The molecular formula is C19H36N6. The van der Waals surface area contributed by atoms with E-state index in [2.05, 4.69) is 62.4 Å². The zero-order valence-corrected chi connectivity index (χ0v) is 17.1. The summed E-state index contributed by atoms with van der Waals surface area (Å²) in [5, 5.41) is 11.5. The molecule has 0 spiro atoms. The number of nitrogens with one attached hydrogen (secondary N) is 2. The Morgan fingerprint density at radius 2 is 2.04 bits per heavy atom. The van der Waals surface area contributed by atoms with Crippen LogP contribution in [0.5, 0.6) is 0 Å². The molecule has 25 heavy (non-hydrogen) atoms. The van der Waals surface area contributed by atoms with E-state index < -0.39 is 0 Å². The molecule has 1 fully saturated rings. The first-order valence-electron chi connectivity index (χ1n) is 9.53. The summed E-state index contributed by atoms with van der Waals surface area (Å²) in [5.41, 5.74) is 3.70. The van der Waals surface area contributed by atoms with Gasteiger partial charge in [0.15, 0.2) is 5.96 Å². The molecule has 0 aromatic carbocycles. The van der Waals surface area contributed by atoms with E-state index in [1.54, 1.807) is 0 Å². The number of nitrogens with zero attached hydrogens (tertiary/aromatic N) is 4. The maximum absolute atomic E-state index is 4.86. The molecule has 2 unspecified atom stereocenters. The van der Waals surface area contributed by atoms with Crippen LogP contribution in [0, 0.1) is 19.8 Å². The Bertz CT molecular complexity index is 583. The summed E-state index contributed by atoms with van der Waals surface area (Å²) in [4.78, 5) is 7.18. The van der Waals surface area contributed by atoms with E-state index >= 15 is 0 Å². The van der Waals surface area contributed by atoms with Crippen molar-refractivity contribution in [1.29, 1.82) is 0 Å². The number of likely N-dealkylation sites (N-methyl/N-ethyl adjacent to an activating group) is 1. The maximum atomic E-state index is 4.86. The van der Waals surface area contributed by atoms with Gasteiger partial charge in [-0.15, -0.1) is 0 Å². The highest BCUT2D eigenvalue weighted by molar-refractivity contribution is 5.80. The monoisotopic (exact) mass is 348 g/mol. The number of rotatable bonds is 8. The number of guanidine groups is 1. The molecule has 1 aliphatic rings. The second kappa shape index (κ2) is 8.70. The van der Waals surface area contributed by atoms with Gasteiger partial charge < -0.3 is 15.5 Å². The van der Waals surface area contributed by atoms with Crippen LogP contribution in [0.4, 0.5) is 0 Å². The van der Waals surface area contributed by atoms with Crippen molar-refractivity contribution in [2.45, 2.75) is 59.0 Å². The summed E-state index contributed by atoms with van der Waals surface area (Å²) in [6.07, 6.45) is 3.65. The summed E-state index contributed by atoms with van der Waals surface area (Å²) in [6, 6.07) is 0.853. The molecule has 2 rings (SSSR count). The van der Waals surface area contributed by atoms with Crippen LogP contribution in [-0.2, 0) is 13.5 Å². The van der Waals surface area contributed by atoms with Crippen LogP contribution in [0.1, 0.15) is 43.6 Å². The lowest BCUT2D eigenvalue weighted by Crippen LogP contribution is -2.44. The Morgan fingerprint density at radius 3 is 2.52 bits per heavy atom. The van der Waals surface area contributed by atoms with Gasteiger partial charge in [-0.1, -0.05) is 0 Å². The second-order valence-corrected chi connectivity index (χ2v) is 7.61. The largest absolute Gasteiger partial charge is 0.357 e. The standard InChI is InChI=1S/C19H36N6/c1-8-20-19(21-12-18(24(5)6)16-9-10-16)22-13(2)11-17-14(3)23-25(7)15(17)4/h13,16,18H,8-12H2,1-7H3,(H2,20,21,22). The van der Waals surface area contributed by atoms with Crippen LogP contribution in [0.3, 0.4) is 0 Å². The molecule has 2 N–H and O–H groups in total. The molecule has 142 valence electrons. The van der Waals surface area contributed by atoms with E-state index in [0.29, 0.717) is 12.1 Å². The average Bonchev–Trinajstić information content (AvgIpc) is 3.32. The molecule has 1 aromatic rings. The van der Waals surface area contributed by atoms with Gasteiger partial charge in [0, 0.05) is 31.4 Å². The van der Waals surface area contributed by atoms with Crippen molar-refractivity contribution >= 4 is 5.96 Å². The van der Waals surface area contributed by atoms with Gasteiger partial charge in [0.1, 0.15) is 0 Å². The normalized spacial score (nSPS) is 17.7.